The van der Waals surface area contributed by atoms with Gasteiger partial charge in [0.2, 0.25) is 0 Å². The van der Waals surface area contributed by atoms with Gasteiger partial charge in [0.15, 0.2) is 0 Å². The lowest BCUT2D eigenvalue weighted by atomic mass is 10.2. The monoisotopic (exact) mass is 349 g/mol. The normalized spacial score (nSPS) is 10.7. The van der Waals surface area contributed by atoms with Crippen molar-refractivity contribution in [2.75, 3.05) is 6.54 Å². The van der Waals surface area contributed by atoms with E-state index in [9.17, 15) is 0 Å². The molecular formula is C17H20BrNS. The molecule has 0 bridgehead atoms. The lowest BCUT2D eigenvalue weighted by Gasteiger charge is -2.11. The molecule has 0 spiro atoms. The molecule has 2 aromatic rings. The topological polar surface area (TPSA) is 12.0 Å². The molecule has 0 atom stereocenters. The molecule has 1 nitrogen and oxygen atoms in total. The quantitative estimate of drug-likeness (QED) is 0.541. The molecule has 0 aliphatic carbocycles. The first-order valence-corrected chi connectivity index (χ1v) is 8.73. The van der Waals surface area contributed by atoms with Gasteiger partial charge in [-0.3, -0.25) is 0 Å². The highest BCUT2D eigenvalue weighted by molar-refractivity contribution is 9.10. The van der Waals surface area contributed by atoms with Crippen LogP contribution in [0.1, 0.15) is 24.5 Å². The third-order valence-electron chi connectivity index (χ3n) is 3.01. The number of thioether (sulfide) groups is 1. The van der Waals surface area contributed by atoms with Gasteiger partial charge in [0, 0.05) is 21.7 Å². The van der Waals surface area contributed by atoms with Crippen LogP contribution in [0.3, 0.4) is 0 Å². The summed E-state index contributed by atoms with van der Waals surface area (Å²) in [5.74, 6) is 1.01. The van der Waals surface area contributed by atoms with Gasteiger partial charge in [-0.25, -0.2) is 0 Å². The molecule has 0 unspecified atom stereocenters. The van der Waals surface area contributed by atoms with E-state index >= 15 is 0 Å². The van der Waals surface area contributed by atoms with Gasteiger partial charge in [-0.1, -0.05) is 59.3 Å². The van der Waals surface area contributed by atoms with Crippen molar-refractivity contribution in [1.29, 1.82) is 0 Å². The smallest absolute Gasteiger partial charge is 0.0232 e. The first-order chi connectivity index (χ1) is 9.79. The first kappa shape index (κ1) is 15.6. The fraction of sp³-hybridized carbons (Fsp3) is 0.294. The van der Waals surface area contributed by atoms with Gasteiger partial charge in [0.05, 0.1) is 0 Å². The zero-order valence-corrected chi connectivity index (χ0v) is 14.1. The minimum Gasteiger partial charge on any atom is -0.313 e. The van der Waals surface area contributed by atoms with Crippen LogP contribution in [0.25, 0.3) is 0 Å². The van der Waals surface area contributed by atoms with Crippen LogP contribution >= 0.6 is 27.7 Å². The van der Waals surface area contributed by atoms with Crippen molar-refractivity contribution in [3.63, 3.8) is 0 Å². The van der Waals surface area contributed by atoms with E-state index in [1.165, 1.54) is 22.4 Å². The van der Waals surface area contributed by atoms with E-state index in [-0.39, 0.29) is 0 Å². The van der Waals surface area contributed by atoms with Gasteiger partial charge in [0.1, 0.15) is 0 Å². The Hall–Kier alpha value is -0.770. The van der Waals surface area contributed by atoms with E-state index in [4.69, 9.17) is 0 Å². The van der Waals surface area contributed by atoms with Crippen molar-refractivity contribution in [2.24, 2.45) is 0 Å². The van der Waals surface area contributed by atoms with Crippen molar-refractivity contribution in [3.8, 4) is 0 Å². The number of benzene rings is 2. The predicted octanol–water partition coefficient (Wildman–Crippen LogP) is 5.24. The summed E-state index contributed by atoms with van der Waals surface area (Å²) in [5, 5.41) is 3.48. The summed E-state index contributed by atoms with van der Waals surface area (Å²) in [7, 11) is 0. The van der Waals surface area contributed by atoms with E-state index in [1.54, 1.807) is 0 Å². The Morgan fingerprint density at radius 2 is 1.90 bits per heavy atom. The van der Waals surface area contributed by atoms with Crippen LogP contribution in [-0.4, -0.2) is 6.54 Å². The third kappa shape index (κ3) is 4.97. The fourth-order valence-corrected chi connectivity index (χ4v) is 3.51. The van der Waals surface area contributed by atoms with Crippen LogP contribution in [-0.2, 0) is 12.3 Å². The fourth-order valence-electron chi connectivity index (χ4n) is 1.94. The van der Waals surface area contributed by atoms with Crippen molar-refractivity contribution in [3.05, 3.63) is 64.1 Å². The molecule has 106 valence electrons. The van der Waals surface area contributed by atoms with Crippen LogP contribution < -0.4 is 5.32 Å². The number of halogens is 1. The maximum atomic E-state index is 3.57. The van der Waals surface area contributed by atoms with Gasteiger partial charge < -0.3 is 5.32 Å². The average molecular weight is 350 g/mol. The summed E-state index contributed by atoms with van der Waals surface area (Å²) >= 11 is 5.47. The van der Waals surface area contributed by atoms with E-state index < -0.39 is 0 Å². The molecule has 0 heterocycles. The van der Waals surface area contributed by atoms with Crippen molar-refractivity contribution >= 4 is 27.7 Å². The summed E-state index contributed by atoms with van der Waals surface area (Å²) in [6, 6.07) is 17.2. The molecule has 0 aromatic heterocycles. The van der Waals surface area contributed by atoms with E-state index in [0.29, 0.717) is 0 Å². The Morgan fingerprint density at radius 1 is 1.10 bits per heavy atom. The molecule has 0 radical (unpaired) electrons. The Kier molecular flexibility index (Phi) is 6.64. The second-order valence-electron chi connectivity index (χ2n) is 4.70. The molecule has 0 amide bonds. The first-order valence-electron chi connectivity index (χ1n) is 6.95. The minimum absolute atomic E-state index is 0.943. The highest BCUT2D eigenvalue weighted by atomic mass is 79.9. The molecule has 2 aromatic carbocycles. The molecule has 0 aliphatic rings. The van der Waals surface area contributed by atoms with Crippen LogP contribution in [0.4, 0.5) is 0 Å². The number of hydrogen-bond donors (Lipinski definition) is 1. The molecule has 20 heavy (non-hydrogen) atoms. The molecule has 0 saturated carbocycles. The number of rotatable bonds is 7. The van der Waals surface area contributed by atoms with Crippen molar-refractivity contribution in [1.82, 2.24) is 5.32 Å². The van der Waals surface area contributed by atoms with Gasteiger partial charge in [-0.15, -0.1) is 11.8 Å². The Morgan fingerprint density at radius 3 is 2.65 bits per heavy atom. The third-order valence-corrected chi connectivity index (χ3v) is 4.67. The molecule has 3 heteroatoms. The number of nitrogens with one attached hydrogen (secondary N) is 1. The second-order valence-corrected chi connectivity index (χ2v) is 6.64. The molecule has 0 fully saturated rings. The summed E-state index contributed by atoms with van der Waals surface area (Å²) < 4.78 is 1.15. The predicted molar refractivity (Wildman–Crippen MR) is 92.1 cm³/mol. The van der Waals surface area contributed by atoms with Crippen molar-refractivity contribution in [2.45, 2.75) is 30.5 Å². The molecule has 2 rings (SSSR count). The summed E-state index contributed by atoms with van der Waals surface area (Å²) in [5.41, 5.74) is 2.74. The zero-order valence-electron chi connectivity index (χ0n) is 11.7. The summed E-state index contributed by atoms with van der Waals surface area (Å²) in [4.78, 5) is 1.35. The maximum absolute atomic E-state index is 3.57. The largest absolute Gasteiger partial charge is 0.313 e. The highest BCUT2D eigenvalue weighted by Gasteiger charge is 2.04. The molecule has 1 N–H and O–H groups in total. The van der Waals surface area contributed by atoms with Gasteiger partial charge in [-0.2, -0.15) is 0 Å². The van der Waals surface area contributed by atoms with Crippen LogP contribution in [0, 0.1) is 0 Å². The maximum Gasteiger partial charge on any atom is 0.0232 e. The van der Waals surface area contributed by atoms with Crippen LogP contribution in [0.15, 0.2) is 57.9 Å². The second kappa shape index (κ2) is 8.50. The lowest BCUT2D eigenvalue weighted by Crippen LogP contribution is -2.14. The van der Waals surface area contributed by atoms with Crippen LogP contribution in [0.2, 0.25) is 0 Å². The highest BCUT2D eigenvalue weighted by Crippen LogP contribution is 2.29. The number of hydrogen-bond acceptors (Lipinski definition) is 2. The van der Waals surface area contributed by atoms with E-state index in [1.807, 2.05) is 11.8 Å². The van der Waals surface area contributed by atoms with Gasteiger partial charge in [0.25, 0.3) is 0 Å². The van der Waals surface area contributed by atoms with Gasteiger partial charge >= 0.3 is 0 Å². The minimum atomic E-state index is 0.943. The molecule has 0 saturated heterocycles. The SMILES string of the molecule is CCCNCc1ccc(Br)cc1SCc1ccccc1. The zero-order chi connectivity index (χ0) is 14.2. The average Bonchev–Trinajstić information content (AvgIpc) is 2.48. The lowest BCUT2D eigenvalue weighted by molar-refractivity contribution is 0.669. The van der Waals surface area contributed by atoms with Crippen LogP contribution in [0.5, 0.6) is 0 Å². The molecule has 0 aliphatic heterocycles. The van der Waals surface area contributed by atoms with E-state index in [2.05, 4.69) is 76.7 Å². The van der Waals surface area contributed by atoms with E-state index in [0.717, 1.165) is 23.3 Å². The Labute approximate surface area is 134 Å². The standard InChI is InChI=1S/C17H20BrNS/c1-2-10-19-12-15-8-9-16(18)11-17(15)20-13-14-6-4-3-5-7-14/h3-9,11,19H,2,10,12-13H2,1H3. The Bertz CT molecular complexity index is 528. The molecular weight excluding hydrogens is 330 g/mol. The summed E-state index contributed by atoms with van der Waals surface area (Å²) in [6.07, 6.45) is 1.17. The van der Waals surface area contributed by atoms with Gasteiger partial charge in [-0.05, 0) is 36.2 Å². The van der Waals surface area contributed by atoms with Crippen molar-refractivity contribution < 1.29 is 0 Å². The summed E-state index contributed by atoms with van der Waals surface area (Å²) in [6.45, 7) is 4.21. The Balaban J connectivity index is 2.03.